The van der Waals surface area contributed by atoms with Crippen LogP contribution in [0.5, 0.6) is 5.06 Å². The Hall–Kier alpha value is -0.100. The van der Waals surface area contributed by atoms with E-state index < -0.39 is 0 Å². The minimum atomic E-state index is 0.699. The van der Waals surface area contributed by atoms with E-state index in [0.717, 1.165) is 35.8 Å². The highest BCUT2D eigenvalue weighted by atomic mass is 79.9. The lowest BCUT2D eigenvalue weighted by Gasteiger charge is -2.18. The topological polar surface area (TPSA) is 21.7 Å². The third kappa shape index (κ3) is 3.68. The smallest absolute Gasteiger partial charge is 0.188 e. The van der Waals surface area contributed by atoms with Crippen LogP contribution in [0.2, 0.25) is 0 Å². The maximum atomic E-state index is 5.40. The van der Waals surface area contributed by atoms with Crippen molar-refractivity contribution in [1.82, 2.24) is 4.90 Å². The van der Waals surface area contributed by atoms with Crippen molar-refractivity contribution in [3.8, 4) is 5.06 Å². The van der Waals surface area contributed by atoms with Crippen LogP contribution in [0.15, 0.2) is 10.5 Å². The van der Waals surface area contributed by atoms with Crippen molar-refractivity contribution in [2.75, 3.05) is 33.9 Å². The number of methoxy groups -OCH3 is 1. The van der Waals surface area contributed by atoms with Crippen molar-refractivity contribution >= 4 is 27.3 Å². The van der Waals surface area contributed by atoms with Gasteiger partial charge < -0.3 is 14.4 Å². The Morgan fingerprint density at radius 2 is 2.47 bits per heavy atom. The zero-order chi connectivity index (χ0) is 12.3. The number of hydrogen-bond donors (Lipinski definition) is 0. The van der Waals surface area contributed by atoms with Crippen LogP contribution in [-0.2, 0) is 11.3 Å². The second kappa shape index (κ2) is 6.18. The maximum absolute atomic E-state index is 5.40. The molecule has 0 saturated carbocycles. The number of rotatable bonds is 5. The molecule has 1 aromatic heterocycles. The summed E-state index contributed by atoms with van der Waals surface area (Å²) in [5.74, 6) is 0.699. The van der Waals surface area contributed by atoms with E-state index in [9.17, 15) is 0 Å². The van der Waals surface area contributed by atoms with Crippen LogP contribution >= 0.6 is 27.3 Å². The quantitative estimate of drug-likeness (QED) is 0.832. The molecular weight excluding hydrogens is 302 g/mol. The number of ether oxygens (including phenoxy) is 2. The van der Waals surface area contributed by atoms with Crippen LogP contribution in [0, 0.1) is 5.92 Å². The van der Waals surface area contributed by atoms with Crippen molar-refractivity contribution in [3.63, 3.8) is 0 Å². The first-order valence-electron chi connectivity index (χ1n) is 5.77. The Labute approximate surface area is 115 Å². The number of thiophene rings is 1. The molecular formula is C12H18BrNO2S. The fraction of sp³-hybridized carbons (Fsp3) is 0.667. The van der Waals surface area contributed by atoms with Crippen LogP contribution in [0.4, 0.5) is 0 Å². The molecule has 2 heterocycles. The average molecular weight is 320 g/mol. The summed E-state index contributed by atoms with van der Waals surface area (Å²) in [6.45, 7) is 3.93. The summed E-state index contributed by atoms with van der Waals surface area (Å²) in [7, 11) is 3.87. The first-order valence-corrected chi connectivity index (χ1v) is 7.38. The Kier molecular flexibility index (Phi) is 4.85. The normalized spacial score (nSPS) is 20.1. The minimum Gasteiger partial charge on any atom is -0.486 e. The zero-order valence-electron chi connectivity index (χ0n) is 10.2. The molecule has 0 spiro atoms. The lowest BCUT2D eigenvalue weighted by atomic mass is 10.1. The summed E-state index contributed by atoms with van der Waals surface area (Å²) < 4.78 is 11.7. The number of hydrogen-bond acceptors (Lipinski definition) is 4. The van der Waals surface area contributed by atoms with Gasteiger partial charge in [-0.1, -0.05) is 0 Å². The lowest BCUT2D eigenvalue weighted by molar-refractivity contribution is 0.173. The lowest BCUT2D eigenvalue weighted by Crippen LogP contribution is -2.25. The molecule has 0 aromatic carbocycles. The Morgan fingerprint density at radius 3 is 3.06 bits per heavy atom. The Morgan fingerprint density at radius 1 is 1.65 bits per heavy atom. The van der Waals surface area contributed by atoms with Crippen molar-refractivity contribution in [2.45, 2.75) is 13.0 Å². The predicted octanol–water partition coefficient (Wildman–Crippen LogP) is 2.99. The molecule has 1 saturated heterocycles. The monoisotopic (exact) mass is 319 g/mol. The molecule has 1 aliphatic rings. The van der Waals surface area contributed by atoms with Gasteiger partial charge in [0, 0.05) is 24.6 Å². The molecule has 0 amide bonds. The van der Waals surface area contributed by atoms with E-state index >= 15 is 0 Å². The van der Waals surface area contributed by atoms with Crippen molar-refractivity contribution < 1.29 is 9.47 Å². The van der Waals surface area contributed by atoms with E-state index in [1.165, 1.54) is 11.3 Å². The third-order valence-corrected chi connectivity index (χ3v) is 4.84. The number of halogens is 1. The summed E-state index contributed by atoms with van der Waals surface area (Å²) in [6.07, 6.45) is 1.20. The maximum Gasteiger partial charge on any atom is 0.188 e. The van der Waals surface area contributed by atoms with E-state index in [0.29, 0.717) is 5.92 Å². The van der Waals surface area contributed by atoms with Crippen molar-refractivity contribution in [2.24, 2.45) is 5.92 Å². The van der Waals surface area contributed by atoms with Crippen molar-refractivity contribution in [1.29, 1.82) is 0 Å². The van der Waals surface area contributed by atoms with E-state index in [2.05, 4.69) is 33.9 Å². The van der Waals surface area contributed by atoms with Crippen molar-refractivity contribution in [3.05, 3.63) is 15.4 Å². The van der Waals surface area contributed by atoms with Crippen LogP contribution in [-0.4, -0.2) is 38.8 Å². The highest BCUT2D eigenvalue weighted by molar-refractivity contribution is 9.10. The summed E-state index contributed by atoms with van der Waals surface area (Å²) >= 11 is 5.21. The average Bonchev–Trinajstić information content (AvgIpc) is 2.88. The molecule has 1 atom stereocenters. The van der Waals surface area contributed by atoms with Gasteiger partial charge in [0.1, 0.15) is 0 Å². The largest absolute Gasteiger partial charge is 0.486 e. The summed E-state index contributed by atoms with van der Waals surface area (Å²) in [6, 6.07) is 2.14. The van der Waals surface area contributed by atoms with Crippen LogP contribution in [0.25, 0.3) is 0 Å². The molecule has 0 radical (unpaired) electrons. The van der Waals surface area contributed by atoms with Crippen LogP contribution < -0.4 is 4.74 Å². The van der Waals surface area contributed by atoms with Gasteiger partial charge in [-0.05, 0) is 41.4 Å². The van der Waals surface area contributed by atoms with Gasteiger partial charge in [-0.25, -0.2) is 0 Å². The molecule has 1 aliphatic heterocycles. The molecule has 5 heteroatoms. The molecule has 0 unspecified atom stereocenters. The Bertz CT molecular complexity index is 363. The highest BCUT2D eigenvalue weighted by Gasteiger charge is 2.18. The van der Waals surface area contributed by atoms with Crippen LogP contribution in [0.3, 0.4) is 0 Å². The molecule has 0 aliphatic carbocycles. The zero-order valence-corrected chi connectivity index (χ0v) is 12.6. The first-order chi connectivity index (χ1) is 8.19. The highest BCUT2D eigenvalue weighted by Crippen LogP contribution is 2.35. The molecule has 1 fully saturated rings. The fourth-order valence-electron chi connectivity index (χ4n) is 2.11. The van der Waals surface area contributed by atoms with Gasteiger partial charge in [-0.3, -0.25) is 0 Å². The fourth-order valence-corrected chi connectivity index (χ4v) is 3.89. The molecule has 96 valence electrons. The standard InChI is InChI=1S/C12H18BrNO2S/c1-14(6-9-3-4-16-8-9)7-10-5-11(13)12(15-2)17-10/h5,9H,3-4,6-8H2,1-2H3/t9-/m0/s1. The second-order valence-corrected chi connectivity index (χ2v) is 6.43. The van der Waals surface area contributed by atoms with Gasteiger partial charge in [0.05, 0.1) is 18.2 Å². The number of nitrogens with zero attached hydrogens (tertiary/aromatic N) is 1. The summed E-state index contributed by atoms with van der Waals surface area (Å²) in [5.41, 5.74) is 0. The van der Waals surface area contributed by atoms with Gasteiger partial charge in [0.25, 0.3) is 0 Å². The SMILES string of the molecule is COc1sc(CN(C)C[C@@H]2CCOC2)cc1Br. The van der Waals surface area contributed by atoms with E-state index in [-0.39, 0.29) is 0 Å². The second-order valence-electron chi connectivity index (χ2n) is 4.48. The van der Waals surface area contributed by atoms with Crippen LogP contribution in [0.1, 0.15) is 11.3 Å². The molecule has 0 bridgehead atoms. The Balaban J connectivity index is 1.86. The van der Waals surface area contributed by atoms with Gasteiger partial charge in [-0.2, -0.15) is 0 Å². The van der Waals surface area contributed by atoms with Gasteiger partial charge in [-0.15, -0.1) is 11.3 Å². The molecule has 1 aromatic rings. The molecule has 2 rings (SSSR count). The molecule has 17 heavy (non-hydrogen) atoms. The minimum absolute atomic E-state index is 0.699. The summed E-state index contributed by atoms with van der Waals surface area (Å²) in [4.78, 5) is 3.69. The predicted molar refractivity (Wildman–Crippen MR) is 73.8 cm³/mol. The van der Waals surface area contributed by atoms with E-state index in [1.54, 1.807) is 18.4 Å². The van der Waals surface area contributed by atoms with E-state index in [1.807, 2.05) is 0 Å². The van der Waals surface area contributed by atoms with Gasteiger partial charge in [0.15, 0.2) is 5.06 Å². The van der Waals surface area contributed by atoms with E-state index in [4.69, 9.17) is 9.47 Å². The van der Waals surface area contributed by atoms with Gasteiger partial charge in [0.2, 0.25) is 0 Å². The molecule has 3 nitrogen and oxygen atoms in total. The first kappa shape index (κ1) is 13.3. The molecule has 0 N–H and O–H groups in total. The summed E-state index contributed by atoms with van der Waals surface area (Å²) in [5, 5.41) is 0.956. The van der Waals surface area contributed by atoms with Gasteiger partial charge >= 0.3 is 0 Å². The third-order valence-electron chi connectivity index (χ3n) is 2.91.